The standard InChI is InChI=1S/C23H28N6/c1-16(21(17(2)27-24)19-10-6-4-7-11-19)25-14-15-26-23-22(18(3)28-29-23)20-12-8-5-9-13-20/h4-13,25,27H,1,14-15,24H2,2-3H3,(H2,26,28,29)/b21-17+. The highest BCUT2D eigenvalue weighted by Gasteiger charge is 2.12. The smallest absolute Gasteiger partial charge is 0.156 e. The minimum Gasteiger partial charge on any atom is -0.383 e. The van der Waals surface area contributed by atoms with Crippen molar-refractivity contribution in [3.63, 3.8) is 0 Å². The van der Waals surface area contributed by atoms with E-state index in [1.54, 1.807) is 0 Å². The molecule has 0 spiro atoms. The Morgan fingerprint density at radius 3 is 2.34 bits per heavy atom. The van der Waals surface area contributed by atoms with Gasteiger partial charge in [-0.15, -0.1) is 0 Å². The molecule has 150 valence electrons. The second-order valence-electron chi connectivity index (χ2n) is 6.78. The molecule has 0 saturated carbocycles. The Balaban J connectivity index is 1.63. The fourth-order valence-electron chi connectivity index (χ4n) is 3.29. The molecule has 0 saturated heterocycles. The van der Waals surface area contributed by atoms with Crippen LogP contribution in [0.5, 0.6) is 0 Å². The monoisotopic (exact) mass is 388 g/mol. The predicted molar refractivity (Wildman–Crippen MR) is 121 cm³/mol. The van der Waals surface area contributed by atoms with E-state index in [2.05, 4.69) is 45.0 Å². The number of aryl methyl sites for hydroxylation is 1. The summed E-state index contributed by atoms with van der Waals surface area (Å²) in [6.45, 7) is 9.55. The van der Waals surface area contributed by atoms with Crippen molar-refractivity contribution in [3.8, 4) is 11.1 Å². The van der Waals surface area contributed by atoms with Crippen molar-refractivity contribution in [1.82, 2.24) is 20.9 Å². The summed E-state index contributed by atoms with van der Waals surface area (Å²) >= 11 is 0. The predicted octanol–water partition coefficient (Wildman–Crippen LogP) is 3.79. The van der Waals surface area contributed by atoms with Crippen LogP contribution in [0.2, 0.25) is 0 Å². The third-order valence-electron chi connectivity index (χ3n) is 4.72. The number of H-pyrrole nitrogens is 1. The van der Waals surface area contributed by atoms with E-state index in [0.717, 1.165) is 45.2 Å². The summed E-state index contributed by atoms with van der Waals surface area (Å²) in [7, 11) is 0. The zero-order valence-electron chi connectivity index (χ0n) is 16.9. The number of anilines is 1. The van der Waals surface area contributed by atoms with E-state index in [-0.39, 0.29) is 0 Å². The van der Waals surface area contributed by atoms with Crippen molar-refractivity contribution in [2.24, 2.45) is 5.84 Å². The first-order valence-electron chi connectivity index (χ1n) is 9.62. The largest absolute Gasteiger partial charge is 0.383 e. The van der Waals surface area contributed by atoms with E-state index in [9.17, 15) is 0 Å². The molecule has 6 N–H and O–H groups in total. The maximum atomic E-state index is 5.65. The van der Waals surface area contributed by atoms with E-state index in [1.807, 2.05) is 62.4 Å². The van der Waals surface area contributed by atoms with E-state index >= 15 is 0 Å². The normalized spacial score (nSPS) is 11.6. The van der Waals surface area contributed by atoms with Crippen LogP contribution in [0.4, 0.5) is 5.82 Å². The van der Waals surface area contributed by atoms with Crippen molar-refractivity contribution in [1.29, 1.82) is 0 Å². The molecule has 0 aliphatic rings. The van der Waals surface area contributed by atoms with Crippen LogP contribution in [0.3, 0.4) is 0 Å². The molecule has 1 heterocycles. The molecule has 6 heteroatoms. The molecule has 0 amide bonds. The minimum absolute atomic E-state index is 0.688. The summed E-state index contributed by atoms with van der Waals surface area (Å²) < 4.78 is 0. The fourth-order valence-corrected chi connectivity index (χ4v) is 3.29. The van der Waals surface area contributed by atoms with Crippen molar-refractivity contribution >= 4 is 11.4 Å². The van der Waals surface area contributed by atoms with Crippen molar-refractivity contribution < 1.29 is 0 Å². The third-order valence-corrected chi connectivity index (χ3v) is 4.72. The molecule has 0 atom stereocenters. The van der Waals surface area contributed by atoms with Gasteiger partial charge >= 0.3 is 0 Å². The molecule has 6 nitrogen and oxygen atoms in total. The molecule has 0 aliphatic heterocycles. The summed E-state index contributed by atoms with van der Waals surface area (Å²) in [5.74, 6) is 6.50. The number of benzene rings is 2. The van der Waals surface area contributed by atoms with Crippen LogP contribution in [0.15, 0.2) is 78.6 Å². The number of nitrogens with one attached hydrogen (secondary N) is 4. The maximum absolute atomic E-state index is 5.65. The van der Waals surface area contributed by atoms with Crippen LogP contribution in [0.25, 0.3) is 16.7 Å². The fraction of sp³-hybridized carbons (Fsp3) is 0.174. The van der Waals surface area contributed by atoms with Crippen LogP contribution < -0.4 is 21.9 Å². The van der Waals surface area contributed by atoms with Crippen LogP contribution in [-0.2, 0) is 0 Å². The summed E-state index contributed by atoms with van der Waals surface area (Å²) in [6.07, 6.45) is 0. The summed E-state index contributed by atoms with van der Waals surface area (Å²) in [5, 5.41) is 14.3. The molecule has 3 rings (SSSR count). The second-order valence-corrected chi connectivity index (χ2v) is 6.78. The first-order valence-corrected chi connectivity index (χ1v) is 9.62. The Labute approximate surface area is 171 Å². The van der Waals surface area contributed by atoms with Crippen LogP contribution in [0.1, 0.15) is 18.2 Å². The number of nitrogens with two attached hydrogens (primary N) is 1. The topological polar surface area (TPSA) is 90.8 Å². The highest BCUT2D eigenvalue weighted by Crippen LogP contribution is 2.29. The lowest BCUT2D eigenvalue weighted by atomic mass is 10.0. The average Bonchev–Trinajstić information content (AvgIpc) is 3.13. The van der Waals surface area contributed by atoms with Gasteiger partial charge in [-0.25, -0.2) is 0 Å². The molecule has 0 fully saturated rings. The lowest BCUT2D eigenvalue weighted by molar-refractivity contribution is 0.830. The summed E-state index contributed by atoms with van der Waals surface area (Å²) in [6, 6.07) is 20.3. The van der Waals surface area contributed by atoms with Gasteiger partial charge in [0, 0.05) is 41.3 Å². The Hall–Kier alpha value is -3.51. The van der Waals surface area contributed by atoms with Crippen molar-refractivity contribution in [2.75, 3.05) is 18.4 Å². The quantitative estimate of drug-likeness (QED) is 0.166. The van der Waals surface area contributed by atoms with Gasteiger partial charge in [0.05, 0.1) is 0 Å². The van der Waals surface area contributed by atoms with Crippen molar-refractivity contribution in [3.05, 3.63) is 89.9 Å². The second kappa shape index (κ2) is 9.61. The van der Waals surface area contributed by atoms with Gasteiger partial charge in [-0.2, -0.15) is 5.10 Å². The molecule has 0 unspecified atom stereocenters. The van der Waals surface area contributed by atoms with Gasteiger partial charge in [0.1, 0.15) is 0 Å². The highest BCUT2D eigenvalue weighted by atomic mass is 15.2. The van der Waals surface area contributed by atoms with Gasteiger partial charge in [-0.3, -0.25) is 10.9 Å². The summed E-state index contributed by atoms with van der Waals surface area (Å²) in [4.78, 5) is 0. The number of hydrazine groups is 1. The molecular formula is C23H28N6. The number of rotatable bonds is 9. The molecule has 29 heavy (non-hydrogen) atoms. The zero-order valence-corrected chi connectivity index (χ0v) is 16.9. The summed E-state index contributed by atoms with van der Waals surface area (Å²) in [5.41, 5.74) is 9.70. The first-order chi connectivity index (χ1) is 14.1. The van der Waals surface area contributed by atoms with Gasteiger partial charge in [-0.05, 0) is 25.0 Å². The molecule has 3 aromatic rings. The van der Waals surface area contributed by atoms with Gasteiger partial charge in [0.25, 0.3) is 0 Å². The number of allylic oxidation sites excluding steroid dienone is 2. The number of aromatic amines is 1. The maximum Gasteiger partial charge on any atom is 0.156 e. The molecule has 0 bridgehead atoms. The third kappa shape index (κ3) is 4.86. The molecule has 2 aromatic carbocycles. The SMILES string of the molecule is C=C(NCCNc1n[nH]c(C)c1-c1ccccc1)/C(=C(/C)NN)c1ccccc1. The number of hydrogen-bond donors (Lipinski definition) is 5. The van der Waals surface area contributed by atoms with Crippen molar-refractivity contribution in [2.45, 2.75) is 13.8 Å². The van der Waals surface area contributed by atoms with Gasteiger partial charge in [-0.1, -0.05) is 67.2 Å². The molecule has 0 aliphatic carbocycles. The van der Waals surface area contributed by atoms with Gasteiger partial charge in [0.2, 0.25) is 0 Å². The van der Waals surface area contributed by atoms with E-state index in [4.69, 9.17) is 5.84 Å². The Kier molecular flexibility index (Phi) is 6.71. The van der Waals surface area contributed by atoms with Gasteiger partial charge in [0.15, 0.2) is 5.82 Å². The molecule has 0 radical (unpaired) electrons. The highest BCUT2D eigenvalue weighted by molar-refractivity contribution is 5.80. The lowest BCUT2D eigenvalue weighted by Crippen LogP contribution is -2.26. The lowest BCUT2D eigenvalue weighted by Gasteiger charge is -2.17. The van der Waals surface area contributed by atoms with Gasteiger partial charge < -0.3 is 16.1 Å². The van der Waals surface area contributed by atoms with Crippen LogP contribution in [-0.4, -0.2) is 23.3 Å². The number of aromatic nitrogens is 2. The number of nitrogens with zero attached hydrogens (tertiary/aromatic N) is 1. The Morgan fingerprint density at radius 2 is 1.69 bits per heavy atom. The van der Waals surface area contributed by atoms with Crippen LogP contribution >= 0.6 is 0 Å². The van der Waals surface area contributed by atoms with E-state index in [0.29, 0.717) is 13.1 Å². The molecular weight excluding hydrogens is 360 g/mol. The van der Waals surface area contributed by atoms with Crippen LogP contribution in [0, 0.1) is 6.92 Å². The number of hydrogen-bond acceptors (Lipinski definition) is 5. The average molecular weight is 389 g/mol. The Morgan fingerprint density at radius 1 is 1.03 bits per heavy atom. The first kappa shape index (κ1) is 20.2. The van der Waals surface area contributed by atoms with E-state index in [1.165, 1.54) is 0 Å². The molecule has 1 aromatic heterocycles. The Bertz CT molecular complexity index is 973. The minimum atomic E-state index is 0.688. The zero-order chi connectivity index (χ0) is 20.6. The van der Waals surface area contributed by atoms with E-state index < -0.39 is 0 Å².